The van der Waals surface area contributed by atoms with Gasteiger partial charge in [-0.3, -0.25) is 4.79 Å². The van der Waals surface area contributed by atoms with Crippen LogP contribution in [0.2, 0.25) is 0 Å². The number of aliphatic carboxylic acids is 2. The van der Waals surface area contributed by atoms with Gasteiger partial charge in [0.25, 0.3) is 5.97 Å². The molecule has 0 amide bonds. The van der Waals surface area contributed by atoms with E-state index in [1.807, 2.05) is 0 Å². The van der Waals surface area contributed by atoms with Crippen LogP contribution in [0.15, 0.2) is 72.8 Å². The summed E-state index contributed by atoms with van der Waals surface area (Å²) in [7, 11) is -1.79. The lowest BCUT2D eigenvalue weighted by atomic mass is 10.2. The fraction of sp³-hybridized carbons (Fsp3) is 0.286. The van der Waals surface area contributed by atoms with E-state index in [0.717, 1.165) is 26.4 Å². The van der Waals surface area contributed by atoms with Crippen LogP contribution in [-0.2, 0) is 9.59 Å². The van der Waals surface area contributed by atoms with Crippen LogP contribution < -0.4 is 21.0 Å². The molecule has 0 aliphatic heterocycles. The zero-order chi connectivity index (χ0) is 25.7. The van der Waals surface area contributed by atoms with Crippen LogP contribution in [0.1, 0.15) is 37.0 Å². The van der Waals surface area contributed by atoms with Gasteiger partial charge in [-0.15, -0.1) is 0 Å². The molecule has 6 heteroatoms. The van der Waals surface area contributed by atoms with Crippen molar-refractivity contribution >= 4 is 35.1 Å². The summed E-state index contributed by atoms with van der Waals surface area (Å²) in [5.41, 5.74) is 3.84. The summed E-state index contributed by atoms with van der Waals surface area (Å²) in [5.74, 6) is -1.92. The summed E-state index contributed by atoms with van der Waals surface area (Å²) in [6.45, 7) is 8.69. The van der Waals surface area contributed by atoms with E-state index in [-0.39, 0.29) is 6.61 Å². The Morgan fingerprint density at radius 1 is 0.706 bits per heavy atom. The summed E-state index contributed by atoms with van der Waals surface area (Å²) < 4.78 is 0. The summed E-state index contributed by atoms with van der Waals surface area (Å²) in [6.07, 6.45) is 1.79. The van der Waals surface area contributed by atoms with Crippen molar-refractivity contribution in [3.05, 3.63) is 89.5 Å². The Hall–Kier alpha value is -3.01. The number of rotatable bonds is 6. The summed E-state index contributed by atoms with van der Waals surface area (Å²) in [4.78, 5) is 17.9. The van der Waals surface area contributed by atoms with Crippen LogP contribution >= 0.6 is 7.26 Å². The number of carboxylic acid groups (broad SMARTS) is 2. The van der Waals surface area contributed by atoms with Crippen molar-refractivity contribution in [2.45, 2.75) is 41.0 Å². The number of carboxylic acids is 2. The number of aliphatic hydroxyl groups excluding tert-OH is 1. The molecule has 2 N–H and O–H groups in total. The molecular weight excluding hydrogens is 447 g/mol. The first-order valence-corrected chi connectivity index (χ1v) is 13.1. The molecule has 0 saturated carbocycles. The van der Waals surface area contributed by atoms with E-state index in [4.69, 9.17) is 19.8 Å². The van der Waals surface area contributed by atoms with Gasteiger partial charge in [0.2, 0.25) is 0 Å². The lowest BCUT2D eigenvalue weighted by Crippen LogP contribution is -2.33. The van der Waals surface area contributed by atoms with E-state index >= 15 is 0 Å². The third-order valence-corrected chi connectivity index (χ3v) is 9.60. The van der Waals surface area contributed by atoms with Gasteiger partial charge in [-0.1, -0.05) is 53.1 Å². The number of hydrogen-bond acceptors (Lipinski definition) is 4. The minimum atomic E-state index is -1.79. The Balaban J connectivity index is 0.000000629. The second-order valence-electron chi connectivity index (χ2n) is 8.13. The van der Waals surface area contributed by atoms with Gasteiger partial charge in [-0.25, -0.2) is 0 Å². The predicted octanol–water partition coefficient (Wildman–Crippen LogP) is 3.14. The molecule has 3 aromatic rings. The van der Waals surface area contributed by atoms with E-state index in [0.29, 0.717) is 0 Å². The number of hydrogen-bond donors (Lipinski definition) is 2. The average molecular weight is 483 g/mol. The highest BCUT2D eigenvalue weighted by molar-refractivity contribution is 7.95. The number of carbonyl (C=O) groups excluding carboxylic acids is 1. The molecular formula is C28H35O5P. The highest BCUT2D eigenvalue weighted by Crippen LogP contribution is 2.55. The van der Waals surface area contributed by atoms with Gasteiger partial charge in [-0.05, 0) is 64.1 Å². The van der Waals surface area contributed by atoms with Crippen molar-refractivity contribution in [1.82, 2.24) is 0 Å². The van der Waals surface area contributed by atoms with Crippen LogP contribution in [0.3, 0.4) is 0 Å². The van der Waals surface area contributed by atoms with Gasteiger partial charge in [0.15, 0.2) is 0 Å². The third kappa shape index (κ3) is 9.09. The molecule has 3 aromatic carbocycles. The van der Waals surface area contributed by atoms with Crippen LogP contribution in [0, 0.1) is 20.8 Å². The van der Waals surface area contributed by atoms with E-state index < -0.39 is 19.2 Å². The second-order valence-corrected chi connectivity index (χ2v) is 11.7. The van der Waals surface area contributed by atoms with Gasteiger partial charge in [-0.2, -0.15) is 0 Å². The largest absolute Gasteiger partial charge is 0.550 e. The van der Waals surface area contributed by atoms with E-state index in [1.165, 1.54) is 32.6 Å². The molecule has 3 rings (SSSR count). The molecule has 5 nitrogen and oxygen atoms in total. The van der Waals surface area contributed by atoms with Gasteiger partial charge in [0, 0.05) is 25.9 Å². The Morgan fingerprint density at radius 3 is 1.15 bits per heavy atom. The predicted molar refractivity (Wildman–Crippen MR) is 140 cm³/mol. The zero-order valence-corrected chi connectivity index (χ0v) is 21.5. The van der Waals surface area contributed by atoms with Gasteiger partial charge >= 0.3 is 0 Å². The minimum absolute atomic E-state index is 0.228. The molecule has 0 aliphatic rings. The highest BCUT2D eigenvalue weighted by Gasteiger charge is 2.44. The topological polar surface area (TPSA) is 97.7 Å². The van der Waals surface area contributed by atoms with Crippen LogP contribution in [0.5, 0.6) is 0 Å². The second kappa shape index (κ2) is 14.3. The Kier molecular flexibility index (Phi) is 12.2. The maximum atomic E-state index is 9.62. The van der Waals surface area contributed by atoms with Crippen LogP contribution in [0.4, 0.5) is 0 Å². The van der Waals surface area contributed by atoms with Crippen molar-refractivity contribution in [2.24, 2.45) is 0 Å². The van der Waals surface area contributed by atoms with Crippen molar-refractivity contribution in [1.29, 1.82) is 0 Å². The number of benzene rings is 3. The fourth-order valence-electron chi connectivity index (χ4n) is 3.54. The van der Waals surface area contributed by atoms with Crippen molar-refractivity contribution in [2.75, 3.05) is 12.8 Å². The quantitative estimate of drug-likeness (QED) is 0.526. The lowest BCUT2D eigenvalue weighted by molar-refractivity contribution is -0.302. The normalized spacial score (nSPS) is 10.3. The first-order chi connectivity index (χ1) is 16.0. The number of carbonyl (C=O) groups is 2. The monoisotopic (exact) mass is 482 g/mol. The highest BCUT2D eigenvalue weighted by atomic mass is 31.2. The third-order valence-electron chi connectivity index (χ3n) is 5.08. The van der Waals surface area contributed by atoms with Crippen molar-refractivity contribution < 1.29 is 24.9 Å². The van der Waals surface area contributed by atoms with Gasteiger partial charge in [0.05, 0.1) is 6.16 Å². The van der Waals surface area contributed by atoms with E-state index in [1.54, 1.807) is 0 Å². The van der Waals surface area contributed by atoms with Crippen molar-refractivity contribution in [3.63, 3.8) is 0 Å². The Labute approximate surface area is 203 Å². The molecule has 0 heterocycles. The van der Waals surface area contributed by atoms with Crippen LogP contribution in [0.25, 0.3) is 0 Å². The molecule has 0 radical (unpaired) electrons. The molecule has 0 fully saturated rings. The Bertz CT molecular complexity index is 895. The fourth-order valence-corrected chi connectivity index (χ4v) is 7.80. The lowest BCUT2D eigenvalue weighted by Gasteiger charge is -2.28. The maximum absolute atomic E-state index is 9.62. The first kappa shape index (κ1) is 29.0. The molecule has 0 unspecified atom stereocenters. The van der Waals surface area contributed by atoms with Crippen LogP contribution in [-0.4, -0.2) is 34.9 Å². The number of aryl methyl sites for hydroxylation is 3. The Morgan fingerprint density at radius 2 is 0.941 bits per heavy atom. The number of aliphatic hydroxyl groups is 1. The molecule has 0 spiro atoms. The minimum Gasteiger partial charge on any atom is -0.550 e. The van der Waals surface area contributed by atoms with Gasteiger partial charge in [0.1, 0.15) is 23.2 Å². The molecule has 0 bridgehead atoms. The molecule has 0 atom stereocenters. The average Bonchev–Trinajstić information content (AvgIpc) is 2.76. The van der Waals surface area contributed by atoms with Crippen molar-refractivity contribution in [3.8, 4) is 0 Å². The SMILES string of the molecule is CC(=O)O.CC(=O)[O-].Cc1ccc([P+](CCCO)(c2ccc(C)cc2)c2ccc(C)cc2)cc1. The van der Waals surface area contributed by atoms with Gasteiger partial charge < -0.3 is 20.1 Å². The molecule has 0 aliphatic carbocycles. The summed E-state index contributed by atoms with van der Waals surface area (Å²) >= 11 is 0. The molecule has 182 valence electrons. The molecule has 0 aromatic heterocycles. The zero-order valence-electron chi connectivity index (χ0n) is 20.6. The first-order valence-electron chi connectivity index (χ1n) is 11.1. The summed E-state index contributed by atoms with van der Waals surface area (Å²) in [5, 5.41) is 30.1. The summed E-state index contributed by atoms with van der Waals surface area (Å²) in [6, 6.07) is 27.0. The molecule has 0 saturated heterocycles. The maximum Gasteiger partial charge on any atom is 0.300 e. The standard InChI is InChI=1S/C24H28OP.2C2H4O2/c1-19-5-11-22(12-6-19)26(18-4-17-25,23-13-7-20(2)8-14-23)24-15-9-21(3)10-16-24;2*1-2(3)4/h5-16,25H,4,17-18H2,1-3H3;2*1H3,(H,3,4)/q+1;;/p-1. The smallest absolute Gasteiger partial charge is 0.300 e. The molecule has 34 heavy (non-hydrogen) atoms. The van der Waals surface area contributed by atoms with E-state index in [9.17, 15) is 5.11 Å². The van der Waals surface area contributed by atoms with E-state index in [2.05, 4.69) is 93.6 Å².